The second kappa shape index (κ2) is 5.82. The summed E-state index contributed by atoms with van der Waals surface area (Å²) in [4.78, 5) is 11.3. The number of nitrogens with one attached hydrogen (secondary N) is 1. The van der Waals surface area contributed by atoms with Gasteiger partial charge in [-0.25, -0.2) is 0 Å². The minimum Gasteiger partial charge on any atom is -0.398 e. The number of Topliss-reactive ketones (excluding diaryl/α,β-unsaturated/α-hetero) is 1. The van der Waals surface area contributed by atoms with Crippen molar-refractivity contribution in [1.29, 1.82) is 0 Å². The average molecular weight is 254 g/mol. The molecular weight excluding hydrogens is 236 g/mol. The molecule has 0 heterocycles. The molecule has 1 aromatic carbocycles. The van der Waals surface area contributed by atoms with Crippen LogP contribution < -0.4 is 11.1 Å². The van der Waals surface area contributed by atoms with Crippen molar-refractivity contribution in [2.24, 2.45) is 0 Å². The quantitative estimate of drug-likeness (QED) is 0.619. The Labute approximate surface area is 104 Å². The molecule has 1 aromatic rings. The van der Waals surface area contributed by atoms with Crippen molar-refractivity contribution in [2.75, 3.05) is 23.9 Å². The summed E-state index contributed by atoms with van der Waals surface area (Å²) in [5, 5.41) is 3.21. The average Bonchev–Trinajstić information content (AvgIpc) is 2.26. The van der Waals surface area contributed by atoms with Gasteiger partial charge in [-0.05, 0) is 32.0 Å². The van der Waals surface area contributed by atoms with E-state index in [2.05, 4.69) is 5.32 Å². The van der Waals surface area contributed by atoms with Crippen molar-refractivity contribution >= 4 is 28.0 Å². The molecule has 0 amide bonds. The van der Waals surface area contributed by atoms with Crippen LogP contribution in [-0.4, -0.2) is 28.0 Å². The zero-order valence-corrected chi connectivity index (χ0v) is 11.1. The Bertz CT molecular complexity index is 446. The number of nitrogen functional groups attached to an aromatic ring is 1. The Kier molecular flexibility index (Phi) is 4.69. The second-order valence-electron chi connectivity index (χ2n) is 4.05. The van der Waals surface area contributed by atoms with Crippen LogP contribution in [0.25, 0.3) is 0 Å². The fraction of sp³-hybridized carbons (Fsp3) is 0.417. The largest absolute Gasteiger partial charge is 0.398 e. The van der Waals surface area contributed by atoms with Gasteiger partial charge in [-0.1, -0.05) is 0 Å². The van der Waals surface area contributed by atoms with Crippen molar-refractivity contribution in [3.05, 3.63) is 23.8 Å². The summed E-state index contributed by atoms with van der Waals surface area (Å²) >= 11 is 0. The number of carbonyl (C=O) groups excluding carboxylic acids is 1. The van der Waals surface area contributed by atoms with Crippen LogP contribution in [0.4, 0.5) is 11.4 Å². The first-order valence-electron chi connectivity index (χ1n) is 5.38. The van der Waals surface area contributed by atoms with Crippen LogP contribution in [0.5, 0.6) is 0 Å². The van der Waals surface area contributed by atoms with E-state index in [0.29, 0.717) is 17.8 Å². The van der Waals surface area contributed by atoms with Crippen LogP contribution in [0.1, 0.15) is 24.2 Å². The van der Waals surface area contributed by atoms with Gasteiger partial charge in [0.2, 0.25) is 0 Å². The van der Waals surface area contributed by atoms with Gasteiger partial charge >= 0.3 is 0 Å². The molecule has 2 unspecified atom stereocenters. The van der Waals surface area contributed by atoms with Gasteiger partial charge < -0.3 is 11.1 Å². The molecule has 0 saturated heterocycles. The zero-order valence-electron chi connectivity index (χ0n) is 10.3. The molecule has 0 fully saturated rings. The van der Waals surface area contributed by atoms with Crippen LogP contribution in [0, 0.1) is 0 Å². The number of carbonyl (C=O) groups is 1. The molecule has 17 heavy (non-hydrogen) atoms. The van der Waals surface area contributed by atoms with Crippen LogP contribution in [-0.2, 0) is 10.8 Å². The number of hydrogen-bond donors (Lipinski definition) is 2. The van der Waals surface area contributed by atoms with Crippen LogP contribution in [0.15, 0.2) is 18.2 Å². The third kappa shape index (κ3) is 3.85. The molecule has 0 saturated carbocycles. The molecule has 3 N–H and O–H groups in total. The topological polar surface area (TPSA) is 72.2 Å². The Morgan fingerprint density at radius 2 is 2.18 bits per heavy atom. The van der Waals surface area contributed by atoms with Crippen LogP contribution >= 0.6 is 0 Å². The Hall–Kier alpha value is -1.36. The number of ketones is 1. The van der Waals surface area contributed by atoms with Crippen molar-refractivity contribution in [3.8, 4) is 0 Å². The lowest BCUT2D eigenvalue weighted by atomic mass is 10.1. The Balaban J connectivity index is 2.76. The molecule has 0 bridgehead atoms. The fourth-order valence-corrected chi connectivity index (χ4v) is 1.67. The van der Waals surface area contributed by atoms with E-state index in [9.17, 15) is 9.00 Å². The van der Waals surface area contributed by atoms with Crippen molar-refractivity contribution < 1.29 is 9.00 Å². The van der Waals surface area contributed by atoms with E-state index in [4.69, 9.17) is 5.73 Å². The summed E-state index contributed by atoms with van der Waals surface area (Å²) in [7, 11) is -0.857. The number of anilines is 2. The Morgan fingerprint density at radius 3 is 2.71 bits per heavy atom. The highest BCUT2D eigenvalue weighted by atomic mass is 32.2. The lowest BCUT2D eigenvalue weighted by Gasteiger charge is -2.12. The summed E-state index contributed by atoms with van der Waals surface area (Å²) in [5.74, 6) is -0.0572. The molecule has 0 aliphatic rings. The van der Waals surface area contributed by atoms with E-state index in [1.807, 2.05) is 13.0 Å². The van der Waals surface area contributed by atoms with Gasteiger partial charge in [0.25, 0.3) is 0 Å². The standard InChI is InChI=1S/C12H18N2O2S/c1-8(17(3)16)7-14-10-4-5-12(13)11(6-10)9(2)15/h4-6,8,14H,7,13H2,1-3H3. The van der Waals surface area contributed by atoms with Crippen LogP contribution in [0.2, 0.25) is 0 Å². The molecule has 1 rings (SSSR count). The fourth-order valence-electron chi connectivity index (χ4n) is 1.35. The van der Waals surface area contributed by atoms with E-state index in [1.165, 1.54) is 6.92 Å². The smallest absolute Gasteiger partial charge is 0.161 e. The summed E-state index contributed by atoms with van der Waals surface area (Å²) < 4.78 is 11.2. The number of hydrogen-bond acceptors (Lipinski definition) is 4. The molecule has 0 radical (unpaired) electrons. The first kappa shape index (κ1) is 13.7. The van der Waals surface area contributed by atoms with Crippen LogP contribution in [0.3, 0.4) is 0 Å². The van der Waals surface area contributed by atoms with Gasteiger partial charge in [0, 0.05) is 45.8 Å². The maximum atomic E-state index is 11.3. The SMILES string of the molecule is CC(=O)c1cc(NCC(C)S(C)=O)ccc1N. The summed E-state index contributed by atoms with van der Waals surface area (Å²) in [5.41, 5.74) is 7.51. The van der Waals surface area contributed by atoms with E-state index in [0.717, 1.165) is 5.69 Å². The van der Waals surface area contributed by atoms with E-state index >= 15 is 0 Å². The monoisotopic (exact) mass is 254 g/mol. The van der Waals surface area contributed by atoms with E-state index < -0.39 is 10.8 Å². The highest BCUT2D eigenvalue weighted by Crippen LogP contribution is 2.18. The normalized spacial score (nSPS) is 14.1. The maximum absolute atomic E-state index is 11.3. The summed E-state index contributed by atoms with van der Waals surface area (Å²) in [6.45, 7) is 4.00. The molecular formula is C12H18N2O2S. The highest BCUT2D eigenvalue weighted by Gasteiger charge is 2.08. The predicted molar refractivity (Wildman–Crippen MR) is 72.9 cm³/mol. The maximum Gasteiger partial charge on any atom is 0.161 e. The lowest BCUT2D eigenvalue weighted by molar-refractivity contribution is 0.101. The third-order valence-corrected chi connectivity index (χ3v) is 3.89. The van der Waals surface area contributed by atoms with Gasteiger partial charge in [-0.2, -0.15) is 0 Å². The van der Waals surface area contributed by atoms with Crippen molar-refractivity contribution in [2.45, 2.75) is 19.1 Å². The zero-order chi connectivity index (χ0) is 13.0. The predicted octanol–water partition coefficient (Wildman–Crippen LogP) is 1.65. The summed E-state index contributed by atoms with van der Waals surface area (Å²) in [6, 6.07) is 5.24. The molecule has 0 aromatic heterocycles. The Morgan fingerprint density at radius 1 is 1.53 bits per heavy atom. The van der Waals surface area contributed by atoms with Gasteiger partial charge in [0.15, 0.2) is 5.78 Å². The van der Waals surface area contributed by atoms with Gasteiger partial charge in [-0.3, -0.25) is 9.00 Å². The first-order valence-corrected chi connectivity index (χ1v) is 7.00. The molecule has 94 valence electrons. The molecule has 4 nitrogen and oxygen atoms in total. The lowest BCUT2D eigenvalue weighted by Crippen LogP contribution is -2.20. The number of benzene rings is 1. The van der Waals surface area contributed by atoms with Gasteiger partial charge in [0.05, 0.1) is 0 Å². The molecule has 0 spiro atoms. The second-order valence-corrected chi connectivity index (χ2v) is 5.85. The van der Waals surface area contributed by atoms with Gasteiger partial charge in [0.1, 0.15) is 0 Å². The van der Waals surface area contributed by atoms with Gasteiger partial charge in [-0.15, -0.1) is 0 Å². The first-order chi connectivity index (χ1) is 7.91. The minimum atomic E-state index is -0.857. The molecule has 0 aliphatic heterocycles. The highest BCUT2D eigenvalue weighted by molar-refractivity contribution is 7.84. The third-order valence-electron chi connectivity index (χ3n) is 2.59. The van der Waals surface area contributed by atoms with E-state index in [1.54, 1.807) is 18.4 Å². The summed E-state index contributed by atoms with van der Waals surface area (Å²) in [6.07, 6.45) is 1.68. The molecule has 5 heteroatoms. The minimum absolute atomic E-state index is 0.0572. The molecule has 0 aliphatic carbocycles. The number of nitrogens with two attached hydrogens (primary N) is 1. The van der Waals surface area contributed by atoms with E-state index in [-0.39, 0.29) is 11.0 Å². The molecule has 2 atom stereocenters. The van der Waals surface area contributed by atoms with Crippen molar-refractivity contribution in [3.63, 3.8) is 0 Å². The number of rotatable bonds is 5. The van der Waals surface area contributed by atoms with Crippen molar-refractivity contribution in [1.82, 2.24) is 0 Å².